The van der Waals surface area contributed by atoms with Crippen LogP contribution in [0.25, 0.3) is 0 Å². The van der Waals surface area contributed by atoms with Crippen LogP contribution in [0.15, 0.2) is 30.6 Å². The lowest BCUT2D eigenvalue weighted by atomic mass is 10.2. The van der Waals surface area contributed by atoms with Crippen LogP contribution in [-0.4, -0.2) is 30.2 Å². The third-order valence-corrected chi connectivity index (χ3v) is 3.55. The number of aromatic nitrogens is 2. The van der Waals surface area contributed by atoms with Crippen molar-refractivity contribution in [3.8, 4) is 11.5 Å². The smallest absolute Gasteiger partial charge is 0.131 e. The van der Waals surface area contributed by atoms with Crippen LogP contribution in [0.5, 0.6) is 11.5 Å². The van der Waals surface area contributed by atoms with Gasteiger partial charge in [-0.1, -0.05) is 0 Å². The molecule has 0 unspecified atom stereocenters. The maximum absolute atomic E-state index is 5.40. The Balaban J connectivity index is 1.66. The van der Waals surface area contributed by atoms with Crippen LogP contribution in [0.2, 0.25) is 0 Å². The summed E-state index contributed by atoms with van der Waals surface area (Å²) in [7, 11) is 3.29. The molecule has 2 aromatic rings. The van der Waals surface area contributed by atoms with Gasteiger partial charge in [0, 0.05) is 30.3 Å². The summed E-state index contributed by atoms with van der Waals surface area (Å²) in [4.78, 5) is 8.47. The van der Waals surface area contributed by atoms with Crippen molar-refractivity contribution in [3.05, 3.63) is 36.2 Å². The standard InChI is InChI=1S/C16H20N4O2/c1-21-13-6-3-11(14(7-13)22-2)9-17-15-8-16(19-10-18-15)20-12-4-5-12/h3,6-8,10,12H,4-5,9H2,1-2H3,(H2,17,18,19,20). The largest absolute Gasteiger partial charge is 0.497 e. The Bertz CT molecular complexity index is 644. The van der Waals surface area contributed by atoms with Gasteiger partial charge in [0.05, 0.1) is 14.2 Å². The van der Waals surface area contributed by atoms with E-state index in [1.807, 2.05) is 24.3 Å². The molecule has 0 amide bonds. The molecule has 1 aliphatic rings. The third kappa shape index (κ3) is 3.58. The molecule has 1 fully saturated rings. The van der Waals surface area contributed by atoms with Gasteiger partial charge in [0.1, 0.15) is 29.5 Å². The molecular weight excluding hydrogens is 280 g/mol. The normalized spacial score (nSPS) is 13.5. The third-order valence-electron chi connectivity index (χ3n) is 3.55. The van der Waals surface area contributed by atoms with Crippen LogP contribution < -0.4 is 20.1 Å². The number of rotatable bonds is 7. The van der Waals surface area contributed by atoms with Crippen molar-refractivity contribution in [1.29, 1.82) is 0 Å². The average Bonchev–Trinajstić information content (AvgIpc) is 3.37. The van der Waals surface area contributed by atoms with E-state index in [1.54, 1.807) is 20.5 Å². The zero-order valence-corrected chi connectivity index (χ0v) is 12.8. The molecule has 6 heteroatoms. The Morgan fingerprint density at radius 2 is 1.91 bits per heavy atom. The van der Waals surface area contributed by atoms with Crippen LogP contribution in [0.4, 0.5) is 11.6 Å². The maximum Gasteiger partial charge on any atom is 0.131 e. The first-order chi connectivity index (χ1) is 10.8. The van der Waals surface area contributed by atoms with E-state index in [1.165, 1.54) is 12.8 Å². The average molecular weight is 300 g/mol. The second-order valence-corrected chi connectivity index (χ2v) is 5.24. The van der Waals surface area contributed by atoms with Gasteiger partial charge in [0.2, 0.25) is 0 Å². The fraction of sp³-hybridized carbons (Fsp3) is 0.375. The van der Waals surface area contributed by atoms with Gasteiger partial charge in [-0.2, -0.15) is 0 Å². The van der Waals surface area contributed by atoms with Crippen molar-refractivity contribution in [3.63, 3.8) is 0 Å². The van der Waals surface area contributed by atoms with Gasteiger partial charge < -0.3 is 20.1 Å². The number of ether oxygens (including phenoxy) is 2. The monoisotopic (exact) mass is 300 g/mol. The minimum absolute atomic E-state index is 0.574. The van der Waals surface area contributed by atoms with E-state index < -0.39 is 0 Å². The van der Waals surface area contributed by atoms with Crippen molar-refractivity contribution >= 4 is 11.6 Å². The van der Waals surface area contributed by atoms with Gasteiger partial charge in [-0.25, -0.2) is 9.97 Å². The Hall–Kier alpha value is -2.50. The number of nitrogens with one attached hydrogen (secondary N) is 2. The molecule has 0 spiro atoms. The van der Waals surface area contributed by atoms with E-state index in [4.69, 9.17) is 9.47 Å². The molecule has 3 rings (SSSR count). The summed E-state index contributed by atoms with van der Waals surface area (Å²) in [6, 6.07) is 8.27. The second-order valence-electron chi connectivity index (χ2n) is 5.24. The lowest BCUT2D eigenvalue weighted by Crippen LogP contribution is -2.07. The highest BCUT2D eigenvalue weighted by Gasteiger charge is 2.21. The number of methoxy groups -OCH3 is 2. The summed E-state index contributed by atoms with van der Waals surface area (Å²) in [5.74, 6) is 3.22. The molecule has 1 saturated carbocycles. The van der Waals surface area contributed by atoms with Gasteiger partial charge in [-0.15, -0.1) is 0 Å². The molecule has 0 atom stereocenters. The lowest BCUT2D eigenvalue weighted by molar-refractivity contribution is 0.391. The Morgan fingerprint density at radius 1 is 1.09 bits per heavy atom. The van der Waals surface area contributed by atoms with Crippen LogP contribution in [-0.2, 0) is 6.54 Å². The van der Waals surface area contributed by atoms with Crippen LogP contribution >= 0.6 is 0 Å². The predicted molar refractivity (Wildman–Crippen MR) is 85.5 cm³/mol. The number of hydrogen-bond acceptors (Lipinski definition) is 6. The fourth-order valence-electron chi connectivity index (χ4n) is 2.15. The molecule has 0 bridgehead atoms. The van der Waals surface area contributed by atoms with Crippen molar-refractivity contribution in [2.24, 2.45) is 0 Å². The summed E-state index contributed by atoms with van der Waals surface area (Å²) in [5.41, 5.74) is 1.04. The summed E-state index contributed by atoms with van der Waals surface area (Å²) < 4.78 is 10.6. The lowest BCUT2D eigenvalue weighted by Gasteiger charge is -2.12. The first-order valence-electron chi connectivity index (χ1n) is 7.32. The summed E-state index contributed by atoms with van der Waals surface area (Å²) in [6.45, 7) is 0.618. The zero-order valence-electron chi connectivity index (χ0n) is 12.8. The number of nitrogens with zero attached hydrogens (tertiary/aromatic N) is 2. The molecule has 0 radical (unpaired) electrons. The predicted octanol–water partition coefficient (Wildman–Crippen LogP) is 2.68. The van der Waals surface area contributed by atoms with Gasteiger partial charge in [-0.3, -0.25) is 0 Å². The van der Waals surface area contributed by atoms with E-state index in [2.05, 4.69) is 20.6 Å². The van der Waals surface area contributed by atoms with Crippen molar-refractivity contribution in [2.75, 3.05) is 24.9 Å². The molecule has 1 aliphatic carbocycles. The van der Waals surface area contributed by atoms with Crippen molar-refractivity contribution in [1.82, 2.24) is 9.97 Å². The number of benzene rings is 1. The van der Waals surface area contributed by atoms with E-state index >= 15 is 0 Å². The zero-order chi connectivity index (χ0) is 15.4. The Morgan fingerprint density at radius 3 is 2.64 bits per heavy atom. The van der Waals surface area contributed by atoms with Crippen LogP contribution in [0, 0.1) is 0 Å². The molecule has 0 aliphatic heterocycles. The van der Waals surface area contributed by atoms with E-state index in [-0.39, 0.29) is 0 Å². The minimum atomic E-state index is 0.574. The van der Waals surface area contributed by atoms with Crippen LogP contribution in [0.1, 0.15) is 18.4 Å². The molecule has 1 aromatic heterocycles. The molecular formula is C16H20N4O2. The summed E-state index contributed by atoms with van der Waals surface area (Å²) >= 11 is 0. The molecule has 1 heterocycles. The van der Waals surface area contributed by atoms with Crippen molar-refractivity contribution in [2.45, 2.75) is 25.4 Å². The number of anilines is 2. The Labute approximate surface area is 129 Å². The van der Waals surface area contributed by atoms with Gasteiger partial charge in [0.15, 0.2) is 0 Å². The molecule has 22 heavy (non-hydrogen) atoms. The van der Waals surface area contributed by atoms with Crippen LogP contribution in [0.3, 0.4) is 0 Å². The first kappa shape index (κ1) is 14.4. The van der Waals surface area contributed by atoms with Crippen molar-refractivity contribution < 1.29 is 9.47 Å². The number of hydrogen-bond donors (Lipinski definition) is 2. The molecule has 116 valence electrons. The highest BCUT2D eigenvalue weighted by atomic mass is 16.5. The van der Waals surface area contributed by atoms with Gasteiger partial charge in [-0.05, 0) is 25.0 Å². The topological polar surface area (TPSA) is 68.3 Å². The summed E-state index contributed by atoms with van der Waals surface area (Å²) in [5, 5.41) is 6.65. The van der Waals surface area contributed by atoms with E-state index in [0.717, 1.165) is 28.7 Å². The first-order valence-corrected chi connectivity index (χ1v) is 7.32. The van der Waals surface area contributed by atoms with Gasteiger partial charge >= 0.3 is 0 Å². The minimum Gasteiger partial charge on any atom is -0.497 e. The maximum atomic E-state index is 5.40. The van der Waals surface area contributed by atoms with E-state index in [0.29, 0.717) is 12.6 Å². The molecule has 0 saturated heterocycles. The molecule has 2 N–H and O–H groups in total. The fourth-order valence-corrected chi connectivity index (χ4v) is 2.15. The molecule has 1 aromatic carbocycles. The highest BCUT2D eigenvalue weighted by Crippen LogP contribution is 2.26. The molecule has 6 nitrogen and oxygen atoms in total. The summed E-state index contributed by atoms with van der Waals surface area (Å²) in [6.07, 6.45) is 4.00. The van der Waals surface area contributed by atoms with E-state index in [9.17, 15) is 0 Å². The quantitative estimate of drug-likeness (QED) is 0.819. The highest BCUT2D eigenvalue weighted by molar-refractivity contribution is 5.49. The second kappa shape index (κ2) is 6.51. The Kier molecular flexibility index (Phi) is 4.27. The van der Waals surface area contributed by atoms with Gasteiger partial charge in [0.25, 0.3) is 0 Å². The SMILES string of the molecule is COc1ccc(CNc2cc(NC3CC3)ncn2)c(OC)c1.